The Hall–Kier alpha value is -1.11. The summed E-state index contributed by atoms with van der Waals surface area (Å²) in [6.45, 7) is 4.25. The summed E-state index contributed by atoms with van der Waals surface area (Å²) in [5.74, 6) is -0.533. The maximum Gasteiger partial charge on any atom is 0.317 e. The second-order valence-corrected chi connectivity index (χ2v) is 5.30. The molecule has 0 fully saturated rings. The molecule has 2 N–H and O–H groups in total. The lowest BCUT2D eigenvalue weighted by Crippen LogP contribution is -2.46. The van der Waals surface area contributed by atoms with E-state index < -0.39 is 16.8 Å². The van der Waals surface area contributed by atoms with Gasteiger partial charge in [0.2, 0.25) is 0 Å². The van der Waals surface area contributed by atoms with Crippen LogP contribution >= 0.6 is 0 Å². The highest BCUT2D eigenvalue weighted by Crippen LogP contribution is 2.03. The number of hydrogen-bond donors (Lipinski definition) is 2. The molecule has 0 aromatic rings. The van der Waals surface area contributed by atoms with Crippen molar-refractivity contribution in [1.82, 2.24) is 10.2 Å². The van der Waals surface area contributed by atoms with E-state index in [-0.39, 0.29) is 18.5 Å². The van der Waals surface area contributed by atoms with E-state index in [1.54, 1.807) is 20.1 Å². The van der Waals surface area contributed by atoms with E-state index in [0.717, 1.165) is 0 Å². The summed E-state index contributed by atoms with van der Waals surface area (Å²) < 4.78 is 10.8. The van der Waals surface area contributed by atoms with Crippen LogP contribution in [0.4, 0.5) is 4.79 Å². The van der Waals surface area contributed by atoms with Gasteiger partial charge < -0.3 is 15.3 Å². The zero-order valence-corrected chi connectivity index (χ0v) is 11.2. The van der Waals surface area contributed by atoms with Crippen LogP contribution in [0.2, 0.25) is 0 Å². The molecule has 0 aromatic carbocycles. The number of carbonyl (C=O) groups excluding carboxylic acids is 1. The lowest BCUT2D eigenvalue weighted by Gasteiger charge is -2.27. The molecule has 0 saturated heterocycles. The molecular weight excluding hydrogens is 244 g/mol. The lowest BCUT2D eigenvalue weighted by atomic mass is 10.2. The molecule has 0 aliphatic rings. The predicted octanol–water partition coefficient (Wildman–Crippen LogP) is 0.260. The van der Waals surface area contributed by atoms with Crippen LogP contribution in [0.15, 0.2) is 0 Å². The molecule has 7 heteroatoms. The summed E-state index contributed by atoms with van der Waals surface area (Å²) in [4.78, 5) is 23.7. The summed E-state index contributed by atoms with van der Waals surface area (Å²) in [5, 5.41) is 11.3. The fourth-order valence-electron chi connectivity index (χ4n) is 1.42. The van der Waals surface area contributed by atoms with E-state index in [1.165, 1.54) is 4.90 Å². The fraction of sp³-hybridized carbons (Fsp3) is 0.800. The van der Waals surface area contributed by atoms with Crippen LogP contribution in [-0.4, -0.2) is 57.4 Å². The smallest absolute Gasteiger partial charge is 0.317 e. The zero-order chi connectivity index (χ0) is 13.4. The Bertz CT molecular complexity index is 296. The van der Waals surface area contributed by atoms with E-state index in [9.17, 15) is 13.8 Å². The van der Waals surface area contributed by atoms with Gasteiger partial charge in [0.15, 0.2) is 0 Å². The maximum absolute atomic E-state index is 11.7. The summed E-state index contributed by atoms with van der Waals surface area (Å²) in [6.07, 6.45) is 1.48. The SMILES string of the molecule is CCN(C(=O)NCCS(C)=O)C(C)CC(=O)O. The van der Waals surface area contributed by atoms with Crippen LogP contribution in [0.5, 0.6) is 0 Å². The Balaban J connectivity index is 4.20. The van der Waals surface area contributed by atoms with Crippen molar-refractivity contribution in [1.29, 1.82) is 0 Å². The lowest BCUT2D eigenvalue weighted by molar-refractivity contribution is -0.138. The molecule has 0 radical (unpaired) electrons. The first-order valence-corrected chi connectivity index (χ1v) is 7.17. The van der Waals surface area contributed by atoms with Gasteiger partial charge in [0.1, 0.15) is 0 Å². The number of urea groups is 1. The average Bonchev–Trinajstić information content (AvgIpc) is 2.16. The van der Waals surface area contributed by atoms with Crippen molar-refractivity contribution >= 4 is 22.8 Å². The number of carboxylic acids is 1. The minimum atomic E-state index is -0.944. The quantitative estimate of drug-likeness (QED) is 0.690. The molecule has 100 valence electrons. The first kappa shape index (κ1) is 15.9. The third kappa shape index (κ3) is 6.93. The third-order valence-corrected chi connectivity index (χ3v) is 3.05. The minimum absolute atomic E-state index is 0.0824. The molecule has 2 amide bonds. The molecule has 0 heterocycles. The van der Waals surface area contributed by atoms with Gasteiger partial charge in [-0.05, 0) is 13.8 Å². The van der Waals surface area contributed by atoms with Crippen molar-refractivity contribution in [2.75, 3.05) is 25.1 Å². The first-order valence-electron chi connectivity index (χ1n) is 5.44. The molecule has 0 saturated carbocycles. The number of amides is 2. The Morgan fingerprint density at radius 1 is 1.47 bits per heavy atom. The van der Waals surface area contributed by atoms with Gasteiger partial charge in [-0.2, -0.15) is 0 Å². The van der Waals surface area contributed by atoms with Crippen molar-refractivity contribution in [3.63, 3.8) is 0 Å². The third-order valence-electron chi connectivity index (χ3n) is 2.27. The van der Waals surface area contributed by atoms with Gasteiger partial charge in [0.05, 0.1) is 6.42 Å². The van der Waals surface area contributed by atoms with Gasteiger partial charge in [0, 0.05) is 41.9 Å². The number of hydrogen-bond acceptors (Lipinski definition) is 3. The molecular formula is C10H20N2O4S. The molecule has 17 heavy (non-hydrogen) atoms. The number of carboxylic acid groups (broad SMARTS) is 1. The maximum atomic E-state index is 11.7. The summed E-state index contributed by atoms with van der Waals surface area (Å²) in [5.41, 5.74) is 0. The van der Waals surface area contributed by atoms with Gasteiger partial charge in [-0.3, -0.25) is 9.00 Å². The van der Waals surface area contributed by atoms with Crippen LogP contribution in [0.25, 0.3) is 0 Å². The molecule has 6 nitrogen and oxygen atoms in total. The summed E-state index contributed by atoms with van der Waals surface area (Å²) in [6, 6.07) is -0.670. The molecule has 2 unspecified atom stereocenters. The van der Waals surface area contributed by atoms with E-state index in [4.69, 9.17) is 5.11 Å². The predicted molar refractivity (Wildman–Crippen MR) is 66.4 cm³/mol. The topological polar surface area (TPSA) is 86.7 Å². The van der Waals surface area contributed by atoms with Gasteiger partial charge in [-0.25, -0.2) is 4.79 Å². The number of aliphatic carboxylic acids is 1. The molecule has 0 aliphatic heterocycles. The second kappa shape index (κ2) is 8.05. The van der Waals surface area contributed by atoms with Gasteiger partial charge in [0.25, 0.3) is 0 Å². The highest BCUT2D eigenvalue weighted by Gasteiger charge is 2.20. The number of nitrogens with zero attached hydrogens (tertiary/aromatic N) is 1. The molecule has 0 rings (SSSR count). The second-order valence-electron chi connectivity index (χ2n) is 3.74. The molecule has 0 bridgehead atoms. The van der Waals surface area contributed by atoms with Crippen molar-refractivity contribution in [3.8, 4) is 0 Å². The van der Waals surface area contributed by atoms with E-state index >= 15 is 0 Å². The highest BCUT2D eigenvalue weighted by atomic mass is 32.2. The normalized spacial score (nSPS) is 13.8. The van der Waals surface area contributed by atoms with Crippen molar-refractivity contribution in [2.24, 2.45) is 0 Å². The van der Waals surface area contributed by atoms with Crippen LogP contribution in [-0.2, 0) is 15.6 Å². The van der Waals surface area contributed by atoms with Gasteiger partial charge in [-0.1, -0.05) is 0 Å². The zero-order valence-electron chi connectivity index (χ0n) is 10.4. The molecule has 0 aliphatic carbocycles. The van der Waals surface area contributed by atoms with Crippen molar-refractivity contribution in [2.45, 2.75) is 26.3 Å². The molecule has 0 spiro atoms. The van der Waals surface area contributed by atoms with E-state index in [1.807, 2.05) is 0 Å². The van der Waals surface area contributed by atoms with Crippen LogP contribution in [0.3, 0.4) is 0 Å². The van der Waals surface area contributed by atoms with Gasteiger partial charge in [-0.15, -0.1) is 0 Å². The van der Waals surface area contributed by atoms with Gasteiger partial charge >= 0.3 is 12.0 Å². The van der Waals surface area contributed by atoms with E-state index in [0.29, 0.717) is 18.8 Å². The Morgan fingerprint density at radius 3 is 2.47 bits per heavy atom. The van der Waals surface area contributed by atoms with Crippen LogP contribution < -0.4 is 5.32 Å². The standard InChI is InChI=1S/C10H20N2O4S/c1-4-12(8(2)7-9(13)14)10(15)11-5-6-17(3)16/h8H,4-7H2,1-3H3,(H,11,15)(H,13,14). The Kier molecular flexibility index (Phi) is 7.53. The summed E-state index contributed by atoms with van der Waals surface area (Å²) >= 11 is 0. The summed E-state index contributed by atoms with van der Waals surface area (Å²) in [7, 11) is -0.944. The largest absolute Gasteiger partial charge is 0.481 e. The van der Waals surface area contributed by atoms with Crippen LogP contribution in [0.1, 0.15) is 20.3 Å². The number of rotatable bonds is 7. The minimum Gasteiger partial charge on any atom is -0.481 e. The average molecular weight is 264 g/mol. The number of carbonyl (C=O) groups is 2. The van der Waals surface area contributed by atoms with E-state index in [2.05, 4.69) is 5.32 Å². The van der Waals surface area contributed by atoms with Crippen LogP contribution in [0, 0.1) is 0 Å². The Morgan fingerprint density at radius 2 is 2.06 bits per heavy atom. The first-order chi connectivity index (χ1) is 7.88. The van der Waals surface area contributed by atoms with Crippen molar-refractivity contribution < 1.29 is 18.9 Å². The highest BCUT2D eigenvalue weighted by molar-refractivity contribution is 7.84. The monoisotopic (exact) mass is 264 g/mol. The van der Waals surface area contributed by atoms with Crippen molar-refractivity contribution in [3.05, 3.63) is 0 Å². The number of nitrogens with one attached hydrogen (secondary N) is 1. The molecule has 0 aromatic heterocycles. The fourth-order valence-corrected chi connectivity index (χ4v) is 1.81. The molecule has 2 atom stereocenters. The Labute approximate surface area is 104 Å².